The summed E-state index contributed by atoms with van der Waals surface area (Å²) in [7, 11) is -3.57. The largest absolute Gasteiger partial charge is 0.339 e. The molecule has 2 aromatic carbocycles. The van der Waals surface area contributed by atoms with Crippen LogP contribution in [0.5, 0.6) is 0 Å². The summed E-state index contributed by atoms with van der Waals surface area (Å²) >= 11 is 9.53. The molecule has 1 atom stereocenters. The molecule has 1 fully saturated rings. The van der Waals surface area contributed by atoms with E-state index < -0.39 is 10.0 Å². The Labute approximate surface area is 176 Å². The highest BCUT2D eigenvalue weighted by Crippen LogP contribution is 2.32. The van der Waals surface area contributed by atoms with Gasteiger partial charge in [0.05, 0.1) is 15.8 Å². The first-order valence-corrected chi connectivity index (χ1v) is 11.4. The van der Waals surface area contributed by atoms with Crippen molar-refractivity contribution in [2.24, 2.45) is 0 Å². The van der Waals surface area contributed by atoms with Gasteiger partial charge >= 0.3 is 0 Å². The van der Waals surface area contributed by atoms with Crippen molar-refractivity contribution in [3.8, 4) is 11.4 Å². The molecule has 9 heteroatoms. The van der Waals surface area contributed by atoms with Crippen LogP contribution in [-0.2, 0) is 10.0 Å². The number of rotatable bonds is 4. The second kappa shape index (κ2) is 7.94. The summed E-state index contributed by atoms with van der Waals surface area (Å²) in [5.74, 6) is 0.696. The van der Waals surface area contributed by atoms with Crippen LogP contribution in [0.1, 0.15) is 24.7 Å². The van der Waals surface area contributed by atoms with Crippen molar-refractivity contribution >= 4 is 37.6 Å². The molecule has 28 heavy (non-hydrogen) atoms. The van der Waals surface area contributed by atoms with Gasteiger partial charge in [-0.3, -0.25) is 0 Å². The number of hydrogen-bond donors (Lipinski definition) is 0. The predicted octanol–water partition coefficient (Wildman–Crippen LogP) is 4.72. The lowest BCUT2D eigenvalue weighted by atomic mass is 10.00. The second-order valence-electron chi connectivity index (χ2n) is 6.59. The smallest absolute Gasteiger partial charge is 0.243 e. The lowest BCUT2D eigenvalue weighted by Crippen LogP contribution is -2.39. The van der Waals surface area contributed by atoms with Crippen molar-refractivity contribution in [1.82, 2.24) is 14.4 Å². The highest BCUT2D eigenvalue weighted by molar-refractivity contribution is 9.10. The first kappa shape index (κ1) is 19.6. The molecule has 0 bridgehead atoms. The average molecular weight is 483 g/mol. The van der Waals surface area contributed by atoms with Gasteiger partial charge in [-0.1, -0.05) is 44.8 Å². The zero-order valence-corrected chi connectivity index (χ0v) is 17.9. The molecule has 0 aliphatic carbocycles. The van der Waals surface area contributed by atoms with Crippen LogP contribution in [0.15, 0.2) is 62.4 Å². The summed E-state index contributed by atoms with van der Waals surface area (Å²) in [5.41, 5.74) is 0.689. The van der Waals surface area contributed by atoms with Crippen LogP contribution >= 0.6 is 27.5 Å². The monoisotopic (exact) mass is 481 g/mol. The summed E-state index contributed by atoms with van der Waals surface area (Å²) in [6, 6.07) is 13.9. The number of benzene rings is 2. The minimum Gasteiger partial charge on any atom is -0.339 e. The summed E-state index contributed by atoms with van der Waals surface area (Å²) < 4.78 is 33.7. The molecule has 0 spiro atoms. The van der Waals surface area contributed by atoms with Crippen molar-refractivity contribution in [3.05, 3.63) is 63.9 Å². The van der Waals surface area contributed by atoms with E-state index >= 15 is 0 Å². The Bertz CT molecular complexity index is 1090. The van der Waals surface area contributed by atoms with Gasteiger partial charge in [0.15, 0.2) is 0 Å². The van der Waals surface area contributed by atoms with Crippen molar-refractivity contribution < 1.29 is 12.9 Å². The van der Waals surface area contributed by atoms with Gasteiger partial charge in [0.25, 0.3) is 0 Å². The Hall–Kier alpha value is -1.74. The third-order valence-corrected chi connectivity index (χ3v) is 7.48. The molecule has 0 saturated carbocycles. The normalized spacial score (nSPS) is 18.3. The molecule has 1 aromatic heterocycles. The zero-order chi connectivity index (χ0) is 19.7. The number of nitrogens with zero attached hydrogens (tertiary/aromatic N) is 3. The van der Waals surface area contributed by atoms with E-state index in [2.05, 4.69) is 26.1 Å². The molecular weight excluding hydrogens is 466 g/mol. The molecular formula is C19H17BrClN3O3S. The van der Waals surface area contributed by atoms with Gasteiger partial charge in [-0.15, -0.1) is 0 Å². The van der Waals surface area contributed by atoms with E-state index in [0.717, 1.165) is 17.3 Å². The van der Waals surface area contributed by atoms with Gasteiger partial charge in [0.1, 0.15) is 0 Å². The number of piperidine rings is 1. The molecule has 2 heterocycles. The van der Waals surface area contributed by atoms with Gasteiger partial charge in [-0.25, -0.2) is 8.42 Å². The van der Waals surface area contributed by atoms with E-state index in [1.165, 1.54) is 4.31 Å². The van der Waals surface area contributed by atoms with Crippen molar-refractivity contribution in [2.45, 2.75) is 23.7 Å². The first-order valence-electron chi connectivity index (χ1n) is 8.79. The Morgan fingerprint density at radius 1 is 1.14 bits per heavy atom. The number of aromatic nitrogens is 2. The Morgan fingerprint density at radius 3 is 2.64 bits per heavy atom. The summed E-state index contributed by atoms with van der Waals surface area (Å²) in [6.07, 6.45) is 1.51. The fraction of sp³-hybridized carbons (Fsp3) is 0.263. The van der Waals surface area contributed by atoms with E-state index in [-0.39, 0.29) is 10.8 Å². The highest BCUT2D eigenvalue weighted by atomic mass is 79.9. The van der Waals surface area contributed by atoms with Crippen LogP contribution in [0.25, 0.3) is 11.4 Å². The quantitative estimate of drug-likeness (QED) is 0.538. The second-order valence-corrected chi connectivity index (χ2v) is 9.85. The molecule has 1 saturated heterocycles. The van der Waals surface area contributed by atoms with E-state index in [1.54, 1.807) is 30.3 Å². The minimum absolute atomic E-state index is 0.150. The molecule has 1 aliphatic rings. The molecule has 3 aromatic rings. The molecule has 0 radical (unpaired) electrons. The number of sulfonamides is 1. The average Bonchev–Trinajstić information content (AvgIpc) is 3.19. The van der Waals surface area contributed by atoms with Gasteiger partial charge < -0.3 is 4.52 Å². The number of hydrogen-bond acceptors (Lipinski definition) is 5. The van der Waals surface area contributed by atoms with E-state index in [9.17, 15) is 8.42 Å². The van der Waals surface area contributed by atoms with Gasteiger partial charge in [-0.2, -0.15) is 9.29 Å². The van der Waals surface area contributed by atoms with Crippen LogP contribution < -0.4 is 0 Å². The maximum Gasteiger partial charge on any atom is 0.243 e. The summed E-state index contributed by atoms with van der Waals surface area (Å²) in [5, 5.41) is 4.57. The third kappa shape index (κ3) is 3.87. The topological polar surface area (TPSA) is 76.3 Å². The van der Waals surface area contributed by atoms with Crippen molar-refractivity contribution in [1.29, 1.82) is 0 Å². The van der Waals surface area contributed by atoms with Gasteiger partial charge in [0, 0.05) is 23.1 Å². The zero-order valence-electron chi connectivity index (χ0n) is 14.8. The third-order valence-electron chi connectivity index (χ3n) is 4.74. The SMILES string of the molecule is O=S(=O)(c1ccc(Br)cc1)N1CCCC(c2nc(-c3ccccc3Cl)no2)C1. The van der Waals surface area contributed by atoms with Gasteiger partial charge in [0.2, 0.25) is 21.7 Å². The van der Waals surface area contributed by atoms with Crippen LogP contribution in [0, 0.1) is 0 Å². The van der Waals surface area contributed by atoms with Crippen LogP contribution in [0.4, 0.5) is 0 Å². The standard InChI is InChI=1S/C19H17BrClN3O3S/c20-14-7-9-15(10-8-14)28(25,26)24-11-3-4-13(12-24)19-22-18(23-27-19)16-5-1-2-6-17(16)21/h1-2,5-10,13H,3-4,11-12H2. The van der Waals surface area contributed by atoms with E-state index in [0.29, 0.717) is 35.4 Å². The molecule has 0 N–H and O–H groups in total. The first-order chi connectivity index (χ1) is 13.4. The minimum atomic E-state index is -3.57. The maximum absolute atomic E-state index is 13.0. The van der Waals surface area contributed by atoms with Crippen molar-refractivity contribution in [3.63, 3.8) is 0 Å². The van der Waals surface area contributed by atoms with Crippen LogP contribution in [-0.4, -0.2) is 36.0 Å². The molecule has 146 valence electrons. The van der Waals surface area contributed by atoms with E-state index in [1.807, 2.05) is 18.2 Å². The maximum atomic E-state index is 13.0. The Kier molecular flexibility index (Phi) is 5.55. The Balaban J connectivity index is 1.56. The molecule has 1 unspecified atom stereocenters. The van der Waals surface area contributed by atoms with Crippen molar-refractivity contribution in [2.75, 3.05) is 13.1 Å². The molecule has 6 nitrogen and oxygen atoms in total. The Morgan fingerprint density at radius 2 is 1.89 bits per heavy atom. The summed E-state index contributed by atoms with van der Waals surface area (Å²) in [6.45, 7) is 0.781. The van der Waals surface area contributed by atoms with E-state index in [4.69, 9.17) is 16.1 Å². The number of halogens is 2. The van der Waals surface area contributed by atoms with Crippen LogP contribution in [0.3, 0.4) is 0 Å². The lowest BCUT2D eigenvalue weighted by molar-refractivity contribution is 0.265. The fourth-order valence-electron chi connectivity index (χ4n) is 3.27. The lowest BCUT2D eigenvalue weighted by Gasteiger charge is -2.30. The predicted molar refractivity (Wildman–Crippen MR) is 110 cm³/mol. The highest BCUT2D eigenvalue weighted by Gasteiger charge is 2.33. The molecule has 4 rings (SSSR count). The fourth-order valence-corrected chi connectivity index (χ4v) is 5.28. The van der Waals surface area contributed by atoms with Crippen LogP contribution in [0.2, 0.25) is 5.02 Å². The van der Waals surface area contributed by atoms with Gasteiger partial charge in [-0.05, 0) is 49.2 Å². The molecule has 1 aliphatic heterocycles. The summed E-state index contributed by atoms with van der Waals surface area (Å²) in [4.78, 5) is 4.75. The molecule has 0 amide bonds.